The molecular weight excluding hydrogens is 268 g/mol. The van der Waals surface area contributed by atoms with E-state index in [1.165, 1.54) is 0 Å². The van der Waals surface area contributed by atoms with Crippen molar-refractivity contribution in [3.8, 4) is 11.5 Å². The highest BCUT2D eigenvalue weighted by molar-refractivity contribution is 5.97. The molecule has 2 rings (SSSR count). The molecule has 0 saturated carbocycles. The van der Waals surface area contributed by atoms with Crippen LogP contribution in [0.2, 0.25) is 0 Å². The van der Waals surface area contributed by atoms with Crippen molar-refractivity contribution in [2.24, 2.45) is 11.7 Å². The number of benzene rings is 1. The number of nitrogens with zero attached hydrogens (tertiary/aromatic N) is 1. The summed E-state index contributed by atoms with van der Waals surface area (Å²) in [6.45, 7) is 3.43. The zero-order valence-corrected chi connectivity index (χ0v) is 13.0. The van der Waals surface area contributed by atoms with Crippen LogP contribution in [-0.2, 0) is 0 Å². The Hall–Kier alpha value is -1.75. The summed E-state index contributed by atoms with van der Waals surface area (Å²) in [6.07, 6.45) is 1.96. The number of hydrogen-bond donors (Lipinski definition) is 1. The van der Waals surface area contributed by atoms with E-state index in [1.54, 1.807) is 32.4 Å². The maximum atomic E-state index is 12.9. The summed E-state index contributed by atoms with van der Waals surface area (Å²) < 4.78 is 10.5. The van der Waals surface area contributed by atoms with Crippen LogP contribution in [0.15, 0.2) is 18.2 Å². The van der Waals surface area contributed by atoms with Crippen molar-refractivity contribution in [2.45, 2.75) is 25.8 Å². The molecule has 1 aromatic carbocycles. The van der Waals surface area contributed by atoms with Crippen LogP contribution in [0.4, 0.5) is 0 Å². The van der Waals surface area contributed by atoms with Crippen LogP contribution in [-0.4, -0.2) is 44.2 Å². The number of hydrogen-bond acceptors (Lipinski definition) is 4. The Labute approximate surface area is 126 Å². The van der Waals surface area contributed by atoms with Crippen LogP contribution in [0.25, 0.3) is 0 Å². The summed E-state index contributed by atoms with van der Waals surface area (Å²) in [5.74, 6) is 1.78. The smallest absolute Gasteiger partial charge is 0.258 e. The second kappa shape index (κ2) is 6.80. The summed E-state index contributed by atoms with van der Waals surface area (Å²) >= 11 is 0. The molecular formula is C16H24N2O3. The second-order valence-corrected chi connectivity index (χ2v) is 5.58. The van der Waals surface area contributed by atoms with Gasteiger partial charge in [0, 0.05) is 19.1 Å². The molecule has 116 valence electrons. The van der Waals surface area contributed by atoms with E-state index < -0.39 is 0 Å². The lowest BCUT2D eigenvalue weighted by molar-refractivity contribution is 0.0570. The lowest BCUT2D eigenvalue weighted by atomic mass is 9.92. The first-order valence-electron chi connectivity index (χ1n) is 7.33. The fraction of sp³-hybridized carbons (Fsp3) is 0.562. The van der Waals surface area contributed by atoms with Crippen LogP contribution in [0.5, 0.6) is 11.5 Å². The van der Waals surface area contributed by atoms with Crippen LogP contribution >= 0.6 is 0 Å². The molecule has 1 amide bonds. The third kappa shape index (κ3) is 3.29. The van der Waals surface area contributed by atoms with Gasteiger partial charge in [0.1, 0.15) is 11.5 Å². The molecule has 0 bridgehead atoms. The van der Waals surface area contributed by atoms with Crippen molar-refractivity contribution < 1.29 is 14.3 Å². The van der Waals surface area contributed by atoms with Crippen LogP contribution in [0.1, 0.15) is 30.1 Å². The standard InChI is InChI=1S/C16H24N2O3/c1-11-6-7-18(12(8-11)10-17)16(19)14-9-13(20-2)4-5-15(14)21-3/h4-5,9,11-12H,6-8,10,17H2,1-3H3. The van der Waals surface area contributed by atoms with Crippen molar-refractivity contribution in [1.82, 2.24) is 4.90 Å². The highest BCUT2D eigenvalue weighted by Gasteiger charge is 2.31. The summed E-state index contributed by atoms with van der Waals surface area (Å²) in [6, 6.07) is 5.37. The highest BCUT2D eigenvalue weighted by Crippen LogP contribution is 2.29. The van der Waals surface area contributed by atoms with Gasteiger partial charge in [-0.3, -0.25) is 4.79 Å². The van der Waals surface area contributed by atoms with Crippen LogP contribution in [0, 0.1) is 5.92 Å². The van der Waals surface area contributed by atoms with Gasteiger partial charge in [-0.2, -0.15) is 0 Å². The van der Waals surface area contributed by atoms with Gasteiger partial charge in [-0.05, 0) is 37.0 Å². The van der Waals surface area contributed by atoms with Gasteiger partial charge in [0.25, 0.3) is 5.91 Å². The number of nitrogens with two attached hydrogens (primary N) is 1. The van der Waals surface area contributed by atoms with Gasteiger partial charge < -0.3 is 20.1 Å². The average molecular weight is 292 g/mol. The lowest BCUT2D eigenvalue weighted by Gasteiger charge is -2.38. The zero-order valence-electron chi connectivity index (χ0n) is 13.0. The van der Waals surface area contributed by atoms with Gasteiger partial charge in [-0.25, -0.2) is 0 Å². The Morgan fingerprint density at radius 3 is 2.76 bits per heavy atom. The first-order chi connectivity index (χ1) is 10.1. The summed E-state index contributed by atoms with van der Waals surface area (Å²) in [5.41, 5.74) is 6.38. The molecule has 1 heterocycles. The third-order valence-corrected chi connectivity index (χ3v) is 4.15. The number of ether oxygens (including phenoxy) is 2. The number of carbonyl (C=O) groups excluding carboxylic acids is 1. The molecule has 1 aliphatic rings. The predicted molar refractivity (Wildman–Crippen MR) is 81.8 cm³/mol. The van der Waals surface area contributed by atoms with E-state index in [9.17, 15) is 4.79 Å². The molecule has 5 heteroatoms. The molecule has 0 radical (unpaired) electrons. The predicted octanol–water partition coefficient (Wildman–Crippen LogP) is 1.90. The van der Waals surface area contributed by atoms with E-state index in [2.05, 4.69) is 6.92 Å². The fourth-order valence-corrected chi connectivity index (χ4v) is 2.88. The molecule has 0 aromatic heterocycles. The van der Waals surface area contributed by atoms with E-state index in [4.69, 9.17) is 15.2 Å². The first kappa shape index (κ1) is 15.6. The molecule has 2 unspecified atom stereocenters. The van der Waals surface area contributed by atoms with Crippen molar-refractivity contribution in [3.05, 3.63) is 23.8 Å². The van der Waals surface area contributed by atoms with E-state index in [-0.39, 0.29) is 11.9 Å². The maximum Gasteiger partial charge on any atom is 0.258 e. The molecule has 2 N–H and O–H groups in total. The molecule has 1 aliphatic heterocycles. The minimum absolute atomic E-state index is 0.0342. The Kier molecular flexibility index (Phi) is 5.07. The molecule has 5 nitrogen and oxygen atoms in total. The zero-order chi connectivity index (χ0) is 15.4. The maximum absolute atomic E-state index is 12.9. The Bertz CT molecular complexity index is 504. The van der Waals surface area contributed by atoms with Gasteiger partial charge in [-0.15, -0.1) is 0 Å². The summed E-state index contributed by atoms with van der Waals surface area (Å²) in [4.78, 5) is 14.7. The number of carbonyl (C=O) groups is 1. The number of methoxy groups -OCH3 is 2. The molecule has 1 fully saturated rings. The van der Waals surface area contributed by atoms with Crippen molar-refractivity contribution >= 4 is 5.91 Å². The molecule has 21 heavy (non-hydrogen) atoms. The summed E-state index contributed by atoms with van der Waals surface area (Å²) in [7, 11) is 3.15. The molecule has 1 saturated heterocycles. The van der Waals surface area contributed by atoms with E-state index >= 15 is 0 Å². The highest BCUT2D eigenvalue weighted by atomic mass is 16.5. The number of likely N-dealkylation sites (tertiary alicyclic amines) is 1. The molecule has 2 atom stereocenters. The van der Waals surface area contributed by atoms with Crippen molar-refractivity contribution in [2.75, 3.05) is 27.3 Å². The van der Waals surface area contributed by atoms with Gasteiger partial charge in [0.05, 0.1) is 19.8 Å². The Balaban J connectivity index is 2.30. The fourth-order valence-electron chi connectivity index (χ4n) is 2.88. The lowest BCUT2D eigenvalue weighted by Crippen LogP contribution is -2.49. The van der Waals surface area contributed by atoms with Gasteiger partial charge in [0.15, 0.2) is 0 Å². The van der Waals surface area contributed by atoms with Crippen molar-refractivity contribution in [1.29, 1.82) is 0 Å². The number of amides is 1. The van der Waals surface area contributed by atoms with Crippen molar-refractivity contribution in [3.63, 3.8) is 0 Å². The second-order valence-electron chi connectivity index (χ2n) is 5.58. The van der Waals surface area contributed by atoms with Gasteiger partial charge in [0.2, 0.25) is 0 Å². The van der Waals surface area contributed by atoms with E-state index in [0.29, 0.717) is 29.5 Å². The summed E-state index contributed by atoms with van der Waals surface area (Å²) in [5, 5.41) is 0. The van der Waals surface area contributed by atoms with Crippen LogP contribution in [0.3, 0.4) is 0 Å². The minimum atomic E-state index is -0.0342. The quantitative estimate of drug-likeness (QED) is 0.920. The SMILES string of the molecule is COc1ccc(OC)c(C(=O)N2CCC(C)CC2CN)c1. The topological polar surface area (TPSA) is 64.8 Å². The largest absolute Gasteiger partial charge is 0.497 e. The molecule has 0 aliphatic carbocycles. The third-order valence-electron chi connectivity index (χ3n) is 4.15. The Morgan fingerprint density at radius 1 is 1.38 bits per heavy atom. The first-order valence-corrected chi connectivity index (χ1v) is 7.33. The average Bonchev–Trinajstić information content (AvgIpc) is 2.53. The van der Waals surface area contributed by atoms with E-state index in [0.717, 1.165) is 19.4 Å². The molecule has 1 aromatic rings. The van der Waals surface area contributed by atoms with Gasteiger partial charge in [-0.1, -0.05) is 6.92 Å². The number of rotatable bonds is 4. The number of piperidine rings is 1. The molecule has 0 spiro atoms. The Morgan fingerprint density at radius 2 is 2.14 bits per heavy atom. The monoisotopic (exact) mass is 292 g/mol. The van der Waals surface area contributed by atoms with E-state index in [1.807, 2.05) is 4.90 Å². The minimum Gasteiger partial charge on any atom is -0.497 e. The van der Waals surface area contributed by atoms with Gasteiger partial charge >= 0.3 is 0 Å². The van der Waals surface area contributed by atoms with Crippen LogP contribution < -0.4 is 15.2 Å². The normalized spacial score (nSPS) is 22.0.